The van der Waals surface area contributed by atoms with E-state index in [9.17, 15) is 18.0 Å². The van der Waals surface area contributed by atoms with Crippen LogP contribution in [0.4, 0.5) is 13.2 Å². The van der Waals surface area contributed by atoms with Gasteiger partial charge in [-0.05, 0) is 29.8 Å². The Balaban J connectivity index is 1.47. The van der Waals surface area contributed by atoms with Crippen molar-refractivity contribution >= 4 is 17.7 Å². The molecule has 0 N–H and O–H groups in total. The minimum Gasteiger partial charge on any atom is -0.467 e. The second kappa shape index (κ2) is 7.34. The van der Waals surface area contributed by atoms with E-state index in [4.69, 9.17) is 4.42 Å². The number of thioether (sulfide) groups is 1. The van der Waals surface area contributed by atoms with Crippen molar-refractivity contribution in [3.8, 4) is 0 Å². The van der Waals surface area contributed by atoms with E-state index in [1.165, 1.54) is 23.9 Å². The van der Waals surface area contributed by atoms with Gasteiger partial charge in [-0.3, -0.25) is 4.79 Å². The molecule has 4 rings (SSSR count). The number of rotatable bonds is 5. The Labute approximate surface area is 162 Å². The molecular weight excluding hydrogens is 393 g/mol. The summed E-state index contributed by atoms with van der Waals surface area (Å²) in [7, 11) is 0. The number of carbonyl (C=O) groups excluding carboxylic acids is 1. The molecule has 1 unspecified atom stereocenters. The maximum atomic E-state index is 12.7. The van der Waals surface area contributed by atoms with E-state index in [1.54, 1.807) is 34.2 Å². The van der Waals surface area contributed by atoms with Gasteiger partial charge in [-0.1, -0.05) is 17.3 Å². The molecule has 6 nitrogen and oxygen atoms in total. The number of carbonyl (C=O) groups is 1. The first-order valence-corrected chi connectivity index (χ1v) is 9.44. The van der Waals surface area contributed by atoms with E-state index < -0.39 is 11.7 Å². The third-order valence-corrected chi connectivity index (χ3v) is 5.53. The maximum absolute atomic E-state index is 12.7. The number of alkyl halides is 3. The lowest BCUT2D eigenvalue weighted by Crippen LogP contribution is -2.27. The summed E-state index contributed by atoms with van der Waals surface area (Å²) in [5, 5.41) is 7.93. The fourth-order valence-electron chi connectivity index (χ4n) is 2.93. The lowest BCUT2D eigenvalue weighted by molar-refractivity contribution is -0.137. The number of aromatic nitrogens is 3. The highest BCUT2D eigenvalue weighted by atomic mass is 32.2. The Kier molecular flexibility index (Phi) is 4.88. The van der Waals surface area contributed by atoms with Crippen LogP contribution >= 0.6 is 11.8 Å². The monoisotopic (exact) mass is 408 g/mol. The van der Waals surface area contributed by atoms with Gasteiger partial charge in [0.05, 0.1) is 36.9 Å². The van der Waals surface area contributed by atoms with Crippen molar-refractivity contribution in [1.82, 2.24) is 19.9 Å². The quantitative estimate of drug-likeness (QED) is 0.644. The lowest BCUT2D eigenvalue weighted by atomic mass is 10.1. The Morgan fingerprint density at radius 3 is 2.64 bits per heavy atom. The van der Waals surface area contributed by atoms with Crippen LogP contribution in [-0.4, -0.2) is 31.6 Å². The van der Waals surface area contributed by atoms with Gasteiger partial charge in [0.1, 0.15) is 16.8 Å². The minimum atomic E-state index is -4.36. The van der Waals surface area contributed by atoms with Crippen LogP contribution < -0.4 is 0 Å². The van der Waals surface area contributed by atoms with Crippen LogP contribution in [0.2, 0.25) is 0 Å². The van der Waals surface area contributed by atoms with Crippen molar-refractivity contribution in [1.29, 1.82) is 0 Å². The van der Waals surface area contributed by atoms with Crippen LogP contribution in [0.3, 0.4) is 0 Å². The Bertz CT molecular complexity index is 954. The largest absolute Gasteiger partial charge is 0.467 e. The van der Waals surface area contributed by atoms with Crippen LogP contribution in [0.1, 0.15) is 28.0 Å². The number of benzene rings is 1. The van der Waals surface area contributed by atoms with E-state index in [1.807, 2.05) is 0 Å². The molecule has 2 aromatic heterocycles. The molecule has 0 aliphatic carbocycles. The predicted molar refractivity (Wildman–Crippen MR) is 95.0 cm³/mol. The Morgan fingerprint density at radius 2 is 1.96 bits per heavy atom. The van der Waals surface area contributed by atoms with Gasteiger partial charge in [0.25, 0.3) is 0 Å². The highest BCUT2D eigenvalue weighted by Crippen LogP contribution is 2.38. The van der Waals surface area contributed by atoms with Crippen LogP contribution in [0.15, 0.2) is 53.3 Å². The number of amides is 1. The van der Waals surface area contributed by atoms with Gasteiger partial charge >= 0.3 is 6.18 Å². The molecule has 0 spiro atoms. The number of hydrogen-bond acceptors (Lipinski definition) is 5. The summed E-state index contributed by atoms with van der Waals surface area (Å²) in [5.74, 6) is 1.01. The highest BCUT2D eigenvalue weighted by Gasteiger charge is 2.35. The second-order valence-electron chi connectivity index (χ2n) is 6.30. The molecule has 1 saturated heterocycles. The van der Waals surface area contributed by atoms with Gasteiger partial charge in [0.15, 0.2) is 0 Å². The van der Waals surface area contributed by atoms with E-state index in [0.717, 1.165) is 12.1 Å². The average molecular weight is 408 g/mol. The zero-order chi connectivity index (χ0) is 19.7. The van der Waals surface area contributed by atoms with Crippen LogP contribution in [0.5, 0.6) is 0 Å². The molecule has 0 saturated carbocycles. The number of halogens is 3. The fraction of sp³-hybridized carbons (Fsp3) is 0.278. The molecule has 1 aliphatic heterocycles. The smallest absolute Gasteiger partial charge is 0.416 e. The van der Waals surface area contributed by atoms with Gasteiger partial charge in [-0.2, -0.15) is 13.2 Å². The lowest BCUT2D eigenvalue weighted by Gasteiger charge is -2.20. The topological polar surface area (TPSA) is 64.2 Å². The standard InChI is InChI=1S/C18H15F3N4O2S/c19-18(20,21)13-5-3-12(4-6-13)8-24-10-15(22-23-24)17-25(16(26)11-28-17)9-14-2-1-7-27-14/h1-7,10,17H,8-9,11H2. The summed E-state index contributed by atoms with van der Waals surface area (Å²) < 4.78 is 44.8. The van der Waals surface area contributed by atoms with Gasteiger partial charge in [-0.15, -0.1) is 16.9 Å². The molecule has 1 amide bonds. The molecule has 146 valence electrons. The van der Waals surface area contributed by atoms with E-state index in [2.05, 4.69) is 10.3 Å². The molecule has 1 aliphatic rings. The van der Waals surface area contributed by atoms with Crippen molar-refractivity contribution < 1.29 is 22.4 Å². The first kappa shape index (κ1) is 18.6. The third kappa shape index (κ3) is 3.91. The first-order valence-electron chi connectivity index (χ1n) is 8.40. The Hall–Kier alpha value is -2.75. The normalized spacial score (nSPS) is 17.5. The van der Waals surface area contributed by atoms with Gasteiger partial charge in [-0.25, -0.2) is 4.68 Å². The summed E-state index contributed by atoms with van der Waals surface area (Å²) in [6.07, 6.45) is -1.09. The van der Waals surface area contributed by atoms with Crippen LogP contribution in [0.25, 0.3) is 0 Å². The van der Waals surface area contributed by atoms with E-state index >= 15 is 0 Å². The van der Waals surface area contributed by atoms with Crippen LogP contribution in [-0.2, 0) is 24.1 Å². The van der Waals surface area contributed by atoms with Crippen LogP contribution in [0, 0.1) is 0 Å². The summed E-state index contributed by atoms with van der Waals surface area (Å²) >= 11 is 1.45. The maximum Gasteiger partial charge on any atom is 0.416 e. The number of nitrogens with zero attached hydrogens (tertiary/aromatic N) is 4. The second-order valence-corrected chi connectivity index (χ2v) is 7.37. The van der Waals surface area contributed by atoms with Gasteiger partial charge in [0.2, 0.25) is 5.91 Å². The fourth-order valence-corrected chi connectivity index (χ4v) is 4.05. The van der Waals surface area contributed by atoms with Crippen molar-refractivity contribution in [3.05, 3.63) is 71.4 Å². The first-order chi connectivity index (χ1) is 13.4. The van der Waals surface area contributed by atoms with E-state index in [-0.39, 0.29) is 17.8 Å². The summed E-state index contributed by atoms with van der Waals surface area (Å²) in [6, 6.07) is 8.49. The molecule has 1 atom stereocenters. The van der Waals surface area contributed by atoms with Gasteiger partial charge < -0.3 is 9.32 Å². The molecule has 0 radical (unpaired) electrons. The van der Waals surface area contributed by atoms with Crippen molar-refractivity contribution in [3.63, 3.8) is 0 Å². The van der Waals surface area contributed by atoms with Crippen molar-refractivity contribution in [2.75, 3.05) is 5.75 Å². The number of furan rings is 1. The zero-order valence-electron chi connectivity index (χ0n) is 14.5. The zero-order valence-corrected chi connectivity index (χ0v) is 15.3. The van der Waals surface area contributed by atoms with Crippen molar-refractivity contribution in [2.45, 2.75) is 24.6 Å². The average Bonchev–Trinajstić information content (AvgIpc) is 3.38. The third-order valence-electron chi connectivity index (χ3n) is 4.31. The van der Waals surface area contributed by atoms with E-state index in [0.29, 0.717) is 29.3 Å². The summed E-state index contributed by atoms with van der Waals surface area (Å²) in [4.78, 5) is 13.9. The molecule has 28 heavy (non-hydrogen) atoms. The molecule has 3 aromatic rings. The molecule has 0 bridgehead atoms. The molecule has 1 fully saturated rings. The highest BCUT2D eigenvalue weighted by molar-refractivity contribution is 8.00. The Morgan fingerprint density at radius 1 is 1.18 bits per heavy atom. The number of hydrogen-bond donors (Lipinski definition) is 0. The molecule has 1 aromatic carbocycles. The molecule has 10 heteroatoms. The molecule has 3 heterocycles. The predicted octanol–water partition coefficient (Wildman–Crippen LogP) is 3.71. The minimum absolute atomic E-state index is 0.0105. The summed E-state index contributed by atoms with van der Waals surface area (Å²) in [6.45, 7) is 0.629. The summed E-state index contributed by atoms with van der Waals surface area (Å²) in [5.41, 5.74) is 0.603. The van der Waals surface area contributed by atoms with Crippen molar-refractivity contribution in [2.24, 2.45) is 0 Å². The SMILES string of the molecule is O=C1CSC(c2cn(Cc3ccc(C(F)(F)F)cc3)nn2)N1Cc1ccco1. The molecular formula is C18H15F3N4O2S. The van der Waals surface area contributed by atoms with Gasteiger partial charge in [0, 0.05) is 0 Å².